The van der Waals surface area contributed by atoms with Gasteiger partial charge in [0.2, 0.25) is 5.82 Å². The van der Waals surface area contributed by atoms with Crippen molar-refractivity contribution in [3.63, 3.8) is 0 Å². The second-order valence-corrected chi connectivity index (χ2v) is 10.4. The van der Waals surface area contributed by atoms with E-state index < -0.39 is 6.09 Å². The highest BCUT2D eigenvalue weighted by atomic mass is 35.5. The van der Waals surface area contributed by atoms with Crippen LogP contribution in [0, 0.1) is 0 Å². The largest absolute Gasteiger partial charge is 0.445 e. The van der Waals surface area contributed by atoms with E-state index in [0.29, 0.717) is 53.1 Å². The number of hydrogen-bond acceptors (Lipinski definition) is 7. The van der Waals surface area contributed by atoms with Crippen LogP contribution in [0.25, 0.3) is 10.9 Å². The average molecular weight is 546 g/mol. The number of anilines is 2. The van der Waals surface area contributed by atoms with Crippen LogP contribution in [0.15, 0.2) is 54.6 Å². The number of fused-ring (bicyclic) bond motifs is 1. The number of carbonyl (C=O) groups excluding carboxylic acids is 2. The Kier molecular flexibility index (Phi) is 6.78. The second kappa shape index (κ2) is 10.5. The van der Waals surface area contributed by atoms with Crippen LogP contribution in [0.1, 0.15) is 47.6 Å². The van der Waals surface area contributed by atoms with Gasteiger partial charge in [-0.05, 0) is 43.5 Å². The van der Waals surface area contributed by atoms with Crippen molar-refractivity contribution in [1.82, 2.24) is 30.0 Å². The Labute approximate surface area is 230 Å². The molecule has 0 radical (unpaired) electrons. The fraction of sp³-hybridized carbons (Fsp3) is 0.321. The third-order valence-corrected chi connectivity index (χ3v) is 7.30. The summed E-state index contributed by atoms with van der Waals surface area (Å²) < 4.78 is 5.50. The number of ether oxygens (including phenoxy) is 1. The van der Waals surface area contributed by atoms with Gasteiger partial charge >= 0.3 is 6.09 Å². The zero-order valence-corrected chi connectivity index (χ0v) is 22.2. The summed E-state index contributed by atoms with van der Waals surface area (Å²) in [5.41, 5.74) is 2.60. The highest BCUT2D eigenvalue weighted by Crippen LogP contribution is 2.40. The highest BCUT2D eigenvalue weighted by molar-refractivity contribution is 6.31. The van der Waals surface area contributed by atoms with Gasteiger partial charge in [-0.3, -0.25) is 9.89 Å². The number of amides is 2. The topological polar surface area (TPSA) is 116 Å². The van der Waals surface area contributed by atoms with Crippen LogP contribution in [0.2, 0.25) is 5.02 Å². The fourth-order valence-electron chi connectivity index (χ4n) is 4.77. The van der Waals surface area contributed by atoms with Gasteiger partial charge in [-0.25, -0.2) is 14.8 Å². The number of nitrogens with one attached hydrogen (secondary N) is 2. The minimum absolute atomic E-state index is 0.0672. The van der Waals surface area contributed by atoms with Crippen LogP contribution in [-0.2, 0) is 11.3 Å². The fourth-order valence-corrected chi connectivity index (χ4v) is 4.95. The molecular formula is C28H28ClN7O3. The van der Waals surface area contributed by atoms with E-state index in [0.717, 1.165) is 24.1 Å². The molecule has 1 atom stereocenters. The average Bonchev–Trinajstić information content (AvgIpc) is 3.70. The van der Waals surface area contributed by atoms with Crippen molar-refractivity contribution in [3.05, 3.63) is 76.7 Å². The summed E-state index contributed by atoms with van der Waals surface area (Å²) in [6, 6.07) is 16.5. The van der Waals surface area contributed by atoms with E-state index in [4.69, 9.17) is 16.3 Å². The molecule has 1 aliphatic heterocycles. The third-order valence-electron chi connectivity index (χ3n) is 7.06. The van der Waals surface area contributed by atoms with E-state index in [-0.39, 0.29) is 24.4 Å². The van der Waals surface area contributed by atoms with Crippen molar-refractivity contribution in [2.75, 3.05) is 25.0 Å². The predicted molar refractivity (Wildman–Crippen MR) is 147 cm³/mol. The van der Waals surface area contributed by atoms with Gasteiger partial charge in [0, 0.05) is 53.8 Å². The maximum atomic E-state index is 13.5. The lowest BCUT2D eigenvalue weighted by Crippen LogP contribution is -2.55. The van der Waals surface area contributed by atoms with Gasteiger partial charge in [-0.15, -0.1) is 0 Å². The Morgan fingerprint density at radius 1 is 1.10 bits per heavy atom. The minimum atomic E-state index is -0.395. The Morgan fingerprint density at radius 2 is 1.92 bits per heavy atom. The molecule has 0 bridgehead atoms. The molecule has 0 unspecified atom stereocenters. The number of H-pyrrole nitrogens is 1. The molecule has 39 heavy (non-hydrogen) atoms. The van der Waals surface area contributed by atoms with E-state index in [1.807, 2.05) is 43.3 Å². The van der Waals surface area contributed by atoms with E-state index in [9.17, 15) is 9.59 Å². The van der Waals surface area contributed by atoms with Gasteiger partial charge in [0.05, 0.1) is 5.52 Å². The summed E-state index contributed by atoms with van der Waals surface area (Å²) in [7, 11) is 0. The van der Waals surface area contributed by atoms with Gasteiger partial charge in [-0.2, -0.15) is 5.10 Å². The van der Waals surface area contributed by atoms with E-state index in [1.54, 1.807) is 28.0 Å². The molecule has 2 aliphatic rings. The lowest BCUT2D eigenvalue weighted by atomic mass is 10.2. The number of nitrogens with zero attached hydrogens (tertiary/aromatic N) is 5. The molecule has 2 fully saturated rings. The second-order valence-electron chi connectivity index (χ2n) is 10.00. The molecule has 6 rings (SSSR count). The predicted octanol–water partition coefficient (Wildman–Crippen LogP) is 5.11. The standard InChI is InChI=1S/C28H28ClN7O3/c1-17-15-35(11-12-36(17)28(38)39-16-18-5-3-2-4-6-18)27(37)26-30-22-10-9-20(29)13-21(22)25(32-26)31-24-14-23(33-34-24)19-7-8-19/h2-6,9-10,13-14,17,19H,7-8,11-12,15-16H2,1H3,(H2,30,31,32,33,34)/t17-/m1/s1. The first-order valence-corrected chi connectivity index (χ1v) is 13.4. The molecule has 2 N–H and O–H groups in total. The normalized spacial score (nSPS) is 17.3. The van der Waals surface area contributed by atoms with Gasteiger partial charge < -0.3 is 19.9 Å². The van der Waals surface area contributed by atoms with Crippen molar-refractivity contribution in [1.29, 1.82) is 0 Å². The number of carbonyl (C=O) groups is 2. The molecule has 4 aromatic rings. The molecule has 3 heterocycles. The molecule has 2 aromatic carbocycles. The van der Waals surface area contributed by atoms with E-state index in [1.165, 1.54) is 0 Å². The lowest BCUT2D eigenvalue weighted by molar-refractivity contribution is 0.0385. The molecule has 1 aliphatic carbocycles. The first-order valence-electron chi connectivity index (χ1n) is 13.0. The molecule has 2 amide bonds. The summed E-state index contributed by atoms with van der Waals surface area (Å²) in [5, 5.41) is 11.9. The SMILES string of the molecule is C[C@@H]1CN(C(=O)c2nc(Nc3cc(C4CC4)[nH]n3)c3cc(Cl)ccc3n2)CCN1C(=O)OCc1ccccc1. The van der Waals surface area contributed by atoms with Crippen LogP contribution >= 0.6 is 11.6 Å². The van der Waals surface area contributed by atoms with Gasteiger partial charge in [0.25, 0.3) is 5.91 Å². The van der Waals surface area contributed by atoms with Gasteiger partial charge in [-0.1, -0.05) is 41.9 Å². The van der Waals surface area contributed by atoms with Crippen LogP contribution in [-0.4, -0.2) is 67.6 Å². The smallest absolute Gasteiger partial charge is 0.410 e. The van der Waals surface area contributed by atoms with Crippen LogP contribution < -0.4 is 5.32 Å². The van der Waals surface area contributed by atoms with E-state index in [2.05, 4.69) is 25.5 Å². The molecule has 1 saturated heterocycles. The molecule has 11 heteroatoms. The third kappa shape index (κ3) is 5.51. The number of halogens is 1. The number of aromatic amines is 1. The van der Waals surface area contributed by atoms with Gasteiger partial charge in [0.15, 0.2) is 5.82 Å². The maximum absolute atomic E-state index is 13.5. The van der Waals surface area contributed by atoms with Crippen LogP contribution in [0.5, 0.6) is 0 Å². The van der Waals surface area contributed by atoms with Crippen molar-refractivity contribution < 1.29 is 14.3 Å². The summed E-state index contributed by atoms with van der Waals surface area (Å²) in [6.07, 6.45) is 1.92. The van der Waals surface area contributed by atoms with Gasteiger partial charge in [0.1, 0.15) is 12.4 Å². The summed E-state index contributed by atoms with van der Waals surface area (Å²) in [5.74, 6) is 1.36. The number of hydrogen-bond donors (Lipinski definition) is 2. The number of benzene rings is 2. The highest BCUT2D eigenvalue weighted by Gasteiger charge is 2.32. The van der Waals surface area contributed by atoms with Crippen molar-refractivity contribution in [3.8, 4) is 0 Å². The minimum Gasteiger partial charge on any atom is -0.445 e. The first kappa shape index (κ1) is 25.1. The molecule has 200 valence electrons. The van der Waals surface area contributed by atoms with Crippen LogP contribution in [0.3, 0.4) is 0 Å². The molecule has 1 saturated carbocycles. The quantitative estimate of drug-likeness (QED) is 0.346. The molecule has 10 nitrogen and oxygen atoms in total. The number of piperazine rings is 1. The lowest BCUT2D eigenvalue weighted by Gasteiger charge is -2.38. The summed E-state index contributed by atoms with van der Waals surface area (Å²) in [6.45, 7) is 3.14. The molecule has 0 spiro atoms. The zero-order chi connectivity index (χ0) is 26.9. The Bertz CT molecular complexity index is 1520. The van der Waals surface area contributed by atoms with Crippen molar-refractivity contribution in [2.24, 2.45) is 0 Å². The summed E-state index contributed by atoms with van der Waals surface area (Å²) in [4.78, 5) is 38.7. The number of aromatic nitrogens is 4. The van der Waals surface area contributed by atoms with Crippen molar-refractivity contribution in [2.45, 2.75) is 38.3 Å². The van der Waals surface area contributed by atoms with Crippen molar-refractivity contribution >= 4 is 46.1 Å². The zero-order valence-electron chi connectivity index (χ0n) is 21.4. The Morgan fingerprint density at radius 3 is 2.69 bits per heavy atom. The van der Waals surface area contributed by atoms with Crippen LogP contribution in [0.4, 0.5) is 16.4 Å². The van der Waals surface area contributed by atoms with E-state index >= 15 is 0 Å². The monoisotopic (exact) mass is 545 g/mol. The summed E-state index contributed by atoms with van der Waals surface area (Å²) >= 11 is 6.26. The molecule has 2 aromatic heterocycles. The molecular weight excluding hydrogens is 518 g/mol. The maximum Gasteiger partial charge on any atom is 0.410 e. The first-order chi connectivity index (χ1) is 18.9. The Hall–Kier alpha value is -4.18. The Balaban J connectivity index is 1.17. The number of rotatable bonds is 6.